The summed E-state index contributed by atoms with van der Waals surface area (Å²) in [7, 11) is 0. The van der Waals surface area contributed by atoms with E-state index >= 15 is 0 Å². The van der Waals surface area contributed by atoms with Gasteiger partial charge in [0.1, 0.15) is 5.82 Å². The summed E-state index contributed by atoms with van der Waals surface area (Å²) in [5.74, 6) is -0.131. The monoisotopic (exact) mass is 292 g/mol. The van der Waals surface area contributed by atoms with E-state index in [0.717, 1.165) is 32.5 Å². The molecule has 0 aromatic heterocycles. The van der Waals surface area contributed by atoms with Gasteiger partial charge in [-0.25, -0.2) is 4.39 Å². The topological polar surface area (TPSA) is 32.3 Å². The van der Waals surface area contributed by atoms with Crippen molar-refractivity contribution in [1.82, 2.24) is 10.2 Å². The molecule has 21 heavy (non-hydrogen) atoms. The summed E-state index contributed by atoms with van der Waals surface area (Å²) in [5.41, 5.74) is 1.18. The Balaban J connectivity index is 1.80. The lowest BCUT2D eigenvalue weighted by Crippen LogP contribution is -2.42. The van der Waals surface area contributed by atoms with Crippen LogP contribution in [0.4, 0.5) is 4.39 Å². The molecule has 1 amide bonds. The van der Waals surface area contributed by atoms with E-state index in [1.54, 1.807) is 6.92 Å². The number of halogens is 1. The molecular weight excluding hydrogens is 267 g/mol. The second-order valence-corrected chi connectivity index (χ2v) is 5.83. The Labute approximate surface area is 126 Å². The number of nitrogens with zero attached hydrogens (tertiary/aromatic N) is 1. The van der Waals surface area contributed by atoms with Crippen LogP contribution in [0.2, 0.25) is 0 Å². The highest BCUT2D eigenvalue weighted by atomic mass is 19.1. The zero-order chi connectivity index (χ0) is 15.1. The van der Waals surface area contributed by atoms with Crippen LogP contribution in [0.1, 0.15) is 38.2 Å². The van der Waals surface area contributed by atoms with Gasteiger partial charge in [0.15, 0.2) is 0 Å². The second-order valence-electron chi connectivity index (χ2n) is 5.83. The van der Waals surface area contributed by atoms with Crippen LogP contribution in [0.25, 0.3) is 0 Å². The number of piperidine rings is 1. The number of amides is 1. The van der Waals surface area contributed by atoms with E-state index in [1.807, 2.05) is 12.1 Å². The Morgan fingerprint density at radius 1 is 1.33 bits per heavy atom. The molecular formula is C17H25FN2O. The van der Waals surface area contributed by atoms with Gasteiger partial charge in [-0.05, 0) is 49.9 Å². The van der Waals surface area contributed by atoms with Crippen LogP contribution in [0.5, 0.6) is 0 Å². The van der Waals surface area contributed by atoms with Crippen molar-refractivity contribution in [2.45, 2.75) is 45.1 Å². The number of nitrogens with one attached hydrogen (secondary N) is 1. The first kappa shape index (κ1) is 16.0. The van der Waals surface area contributed by atoms with Crippen LogP contribution in [0.3, 0.4) is 0 Å². The maximum absolute atomic E-state index is 12.9. The predicted molar refractivity (Wildman–Crippen MR) is 82.6 cm³/mol. The van der Waals surface area contributed by atoms with Crippen molar-refractivity contribution in [3.05, 3.63) is 35.6 Å². The summed E-state index contributed by atoms with van der Waals surface area (Å²) in [6.07, 6.45) is 5.71. The van der Waals surface area contributed by atoms with E-state index in [9.17, 15) is 9.18 Å². The molecule has 4 heteroatoms. The first-order valence-electron chi connectivity index (χ1n) is 7.88. The molecule has 1 saturated heterocycles. The third-order valence-corrected chi connectivity index (χ3v) is 4.20. The number of likely N-dealkylation sites (tertiary alicyclic amines) is 1. The number of benzene rings is 1. The van der Waals surface area contributed by atoms with Gasteiger partial charge in [-0.2, -0.15) is 0 Å². The Kier molecular flexibility index (Phi) is 6.18. The van der Waals surface area contributed by atoms with Crippen LogP contribution < -0.4 is 5.32 Å². The number of carbonyl (C=O) groups is 1. The van der Waals surface area contributed by atoms with E-state index in [4.69, 9.17) is 0 Å². The average Bonchev–Trinajstić information content (AvgIpc) is 2.47. The van der Waals surface area contributed by atoms with Gasteiger partial charge in [0.2, 0.25) is 5.91 Å². The quantitative estimate of drug-likeness (QED) is 0.874. The van der Waals surface area contributed by atoms with Crippen molar-refractivity contribution in [3.63, 3.8) is 0 Å². The Morgan fingerprint density at radius 2 is 2.10 bits per heavy atom. The van der Waals surface area contributed by atoms with Gasteiger partial charge in [0.05, 0.1) is 0 Å². The minimum absolute atomic E-state index is 0.0451. The summed E-state index contributed by atoms with van der Waals surface area (Å²) in [5, 5.41) is 2.89. The van der Waals surface area contributed by atoms with E-state index in [2.05, 4.69) is 10.2 Å². The lowest BCUT2D eigenvalue weighted by molar-refractivity contribution is -0.119. The normalized spacial score (nSPS) is 19.4. The van der Waals surface area contributed by atoms with Crippen LogP contribution in [0.15, 0.2) is 24.3 Å². The molecule has 1 aromatic rings. The summed E-state index contributed by atoms with van der Waals surface area (Å²) in [6, 6.07) is 7.35. The van der Waals surface area contributed by atoms with E-state index in [0.29, 0.717) is 6.04 Å². The predicted octanol–water partition coefficient (Wildman–Crippen LogP) is 2.75. The van der Waals surface area contributed by atoms with Crippen molar-refractivity contribution >= 4 is 5.91 Å². The summed E-state index contributed by atoms with van der Waals surface area (Å²) < 4.78 is 12.9. The molecule has 1 aliphatic rings. The molecule has 0 spiro atoms. The summed E-state index contributed by atoms with van der Waals surface area (Å²) in [6.45, 7) is 4.46. The van der Waals surface area contributed by atoms with Crippen LogP contribution in [-0.2, 0) is 11.2 Å². The third-order valence-electron chi connectivity index (χ3n) is 4.20. The first-order valence-corrected chi connectivity index (χ1v) is 7.88. The molecule has 0 aliphatic carbocycles. The standard InChI is InChI=1S/C17H25FN2O/c1-14(21)19-11-9-17-4-2-3-12-20(17)13-10-15-5-7-16(18)8-6-15/h5-8,17H,2-4,9-13H2,1H3,(H,19,21). The van der Waals surface area contributed by atoms with Gasteiger partial charge in [0.25, 0.3) is 0 Å². The fourth-order valence-corrected chi connectivity index (χ4v) is 3.02. The lowest BCUT2D eigenvalue weighted by atomic mass is 9.98. The highest BCUT2D eigenvalue weighted by molar-refractivity contribution is 5.72. The molecule has 116 valence electrons. The van der Waals surface area contributed by atoms with Crippen molar-refractivity contribution in [2.24, 2.45) is 0 Å². The number of hydrogen-bond donors (Lipinski definition) is 1. The Bertz CT molecular complexity index is 447. The van der Waals surface area contributed by atoms with E-state index in [-0.39, 0.29) is 11.7 Å². The molecule has 1 heterocycles. The SMILES string of the molecule is CC(=O)NCCC1CCCCN1CCc1ccc(F)cc1. The first-order chi connectivity index (χ1) is 10.1. The van der Waals surface area contributed by atoms with Crippen molar-refractivity contribution in [3.8, 4) is 0 Å². The van der Waals surface area contributed by atoms with Gasteiger partial charge in [-0.1, -0.05) is 18.6 Å². The smallest absolute Gasteiger partial charge is 0.216 e. The maximum Gasteiger partial charge on any atom is 0.216 e. The fourth-order valence-electron chi connectivity index (χ4n) is 3.02. The Morgan fingerprint density at radius 3 is 2.81 bits per heavy atom. The Hall–Kier alpha value is -1.42. The lowest BCUT2D eigenvalue weighted by Gasteiger charge is -2.36. The summed E-state index contributed by atoms with van der Waals surface area (Å²) in [4.78, 5) is 13.5. The molecule has 0 bridgehead atoms. The minimum atomic E-state index is -0.176. The highest BCUT2D eigenvalue weighted by Crippen LogP contribution is 2.20. The molecule has 1 unspecified atom stereocenters. The molecule has 1 fully saturated rings. The van der Waals surface area contributed by atoms with Gasteiger partial charge in [0, 0.05) is 26.1 Å². The molecule has 1 aliphatic heterocycles. The number of rotatable bonds is 6. The molecule has 1 atom stereocenters. The molecule has 3 nitrogen and oxygen atoms in total. The van der Waals surface area contributed by atoms with Crippen LogP contribution >= 0.6 is 0 Å². The maximum atomic E-state index is 12.9. The van der Waals surface area contributed by atoms with Crippen molar-refractivity contribution in [2.75, 3.05) is 19.6 Å². The second kappa shape index (κ2) is 8.13. The molecule has 2 rings (SSSR count). The molecule has 1 aromatic carbocycles. The van der Waals surface area contributed by atoms with Gasteiger partial charge < -0.3 is 5.32 Å². The van der Waals surface area contributed by atoms with Gasteiger partial charge >= 0.3 is 0 Å². The zero-order valence-corrected chi connectivity index (χ0v) is 12.8. The van der Waals surface area contributed by atoms with Crippen molar-refractivity contribution < 1.29 is 9.18 Å². The van der Waals surface area contributed by atoms with Gasteiger partial charge in [-0.15, -0.1) is 0 Å². The van der Waals surface area contributed by atoms with Gasteiger partial charge in [-0.3, -0.25) is 9.69 Å². The average molecular weight is 292 g/mol. The third kappa shape index (κ3) is 5.46. The largest absolute Gasteiger partial charge is 0.356 e. The number of carbonyl (C=O) groups excluding carboxylic acids is 1. The summed E-state index contributed by atoms with van der Waals surface area (Å²) >= 11 is 0. The van der Waals surface area contributed by atoms with Crippen LogP contribution in [-0.4, -0.2) is 36.5 Å². The molecule has 0 saturated carbocycles. The fraction of sp³-hybridized carbons (Fsp3) is 0.588. The van der Waals surface area contributed by atoms with E-state index < -0.39 is 0 Å². The van der Waals surface area contributed by atoms with Crippen LogP contribution in [0, 0.1) is 5.82 Å². The van der Waals surface area contributed by atoms with Crippen molar-refractivity contribution in [1.29, 1.82) is 0 Å². The molecule has 1 N–H and O–H groups in total. The zero-order valence-electron chi connectivity index (χ0n) is 12.8. The molecule has 0 radical (unpaired) electrons. The van der Waals surface area contributed by atoms with E-state index in [1.165, 1.54) is 37.0 Å². The highest BCUT2D eigenvalue weighted by Gasteiger charge is 2.21. The number of hydrogen-bond acceptors (Lipinski definition) is 2. The minimum Gasteiger partial charge on any atom is -0.356 e.